The Bertz CT molecular complexity index is 1360. The first-order chi connectivity index (χ1) is 16.0. The topological polar surface area (TPSA) is 77.0 Å². The van der Waals surface area contributed by atoms with E-state index in [2.05, 4.69) is 23.7 Å². The summed E-state index contributed by atoms with van der Waals surface area (Å²) in [6.07, 6.45) is 2.29. The second-order valence-corrected chi connectivity index (χ2v) is 8.56. The Labute approximate surface area is 195 Å². The average molecular weight is 466 g/mol. The zero-order valence-corrected chi connectivity index (χ0v) is 20.0. The van der Waals surface area contributed by atoms with Gasteiger partial charge in [-0.3, -0.25) is 9.36 Å². The van der Waals surface area contributed by atoms with E-state index in [1.807, 2.05) is 49.4 Å². The molecule has 4 rings (SSSR count). The molecule has 0 saturated heterocycles. The van der Waals surface area contributed by atoms with Gasteiger partial charge in [0.15, 0.2) is 10.7 Å². The van der Waals surface area contributed by atoms with Gasteiger partial charge in [-0.2, -0.15) is 0 Å². The van der Waals surface area contributed by atoms with Crippen molar-refractivity contribution >= 4 is 29.3 Å². The molecule has 33 heavy (non-hydrogen) atoms. The Morgan fingerprint density at radius 3 is 2.55 bits per heavy atom. The summed E-state index contributed by atoms with van der Waals surface area (Å²) in [7, 11) is 1.35. The minimum atomic E-state index is -0.602. The molecule has 0 aliphatic carbocycles. The number of methoxy groups -OCH3 is 1. The van der Waals surface area contributed by atoms with Crippen LogP contribution < -0.4 is 19.8 Å². The largest absolute Gasteiger partial charge is 0.466 e. The first kappa shape index (κ1) is 22.8. The summed E-state index contributed by atoms with van der Waals surface area (Å²) in [6.45, 7) is 7.74. The van der Waals surface area contributed by atoms with Crippen LogP contribution in [0.4, 0.5) is 5.88 Å². The summed E-state index contributed by atoms with van der Waals surface area (Å²) in [5, 5.41) is 0. The molecule has 0 radical (unpaired) electrons. The molecule has 1 aliphatic heterocycles. The van der Waals surface area contributed by atoms with Crippen LogP contribution in [0.2, 0.25) is 0 Å². The molecule has 0 unspecified atom stereocenters. The molecule has 0 spiro atoms. The number of fused-ring (bicyclic) bond motifs is 1. The first-order valence-corrected chi connectivity index (χ1v) is 11.9. The van der Waals surface area contributed by atoms with Crippen molar-refractivity contribution in [3.05, 3.63) is 84.7 Å². The maximum atomic E-state index is 13.6. The van der Waals surface area contributed by atoms with Crippen LogP contribution in [0.5, 0.6) is 0 Å². The predicted molar refractivity (Wildman–Crippen MR) is 129 cm³/mol. The van der Waals surface area contributed by atoms with E-state index in [1.165, 1.54) is 18.4 Å². The molecule has 1 aromatic carbocycles. The number of nitrogens with zero attached hydrogens (tertiary/aromatic N) is 3. The van der Waals surface area contributed by atoms with E-state index in [9.17, 15) is 9.59 Å². The summed E-state index contributed by atoms with van der Waals surface area (Å²) in [4.78, 5) is 33.7. The molecular weight excluding hydrogens is 438 g/mol. The van der Waals surface area contributed by atoms with Crippen molar-refractivity contribution in [2.75, 3.05) is 25.1 Å². The third-order valence-corrected chi connectivity index (χ3v) is 6.71. The van der Waals surface area contributed by atoms with Gasteiger partial charge in [-0.05, 0) is 31.9 Å². The predicted octanol–water partition coefficient (Wildman–Crippen LogP) is 3.24. The van der Waals surface area contributed by atoms with Crippen molar-refractivity contribution in [3.63, 3.8) is 0 Å². The number of anilines is 1. The zero-order chi connectivity index (χ0) is 23.5. The second kappa shape index (κ2) is 9.62. The van der Waals surface area contributed by atoms with Gasteiger partial charge in [0.2, 0.25) is 0 Å². The molecule has 8 heteroatoms. The lowest BCUT2D eigenvalue weighted by atomic mass is 9.95. The molecular formula is C25H27N3O4S. The highest BCUT2D eigenvalue weighted by Gasteiger charge is 2.33. The maximum absolute atomic E-state index is 13.6. The number of rotatable bonds is 7. The number of benzene rings is 1. The van der Waals surface area contributed by atoms with E-state index >= 15 is 0 Å². The number of allylic oxidation sites excluding steroid dienone is 1. The van der Waals surface area contributed by atoms with Crippen molar-refractivity contribution < 1.29 is 13.9 Å². The fourth-order valence-electron chi connectivity index (χ4n) is 4.07. The second-order valence-electron chi connectivity index (χ2n) is 7.55. The van der Waals surface area contributed by atoms with Crippen LogP contribution in [0.15, 0.2) is 67.9 Å². The number of furan rings is 1. The van der Waals surface area contributed by atoms with Gasteiger partial charge in [0.05, 0.1) is 29.0 Å². The van der Waals surface area contributed by atoms with Gasteiger partial charge in [-0.1, -0.05) is 48.6 Å². The van der Waals surface area contributed by atoms with Crippen molar-refractivity contribution in [2.45, 2.75) is 33.2 Å². The van der Waals surface area contributed by atoms with E-state index < -0.39 is 12.0 Å². The molecule has 3 aromatic rings. The Hall–Kier alpha value is -3.39. The molecule has 1 aliphatic rings. The first-order valence-electron chi connectivity index (χ1n) is 11.0. The van der Waals surface area contributed by atoms with E-state index in [0.717, 1.165) is 24.5 Å². The SMILES string of the molecule is CCC1=C(C(=O)OC)[C@H](c2ccccc2)n2c(s/c(=C\c3ccc(N(CC)CC)o3)c2=O)=N1. The molecule has 172 valence electrons. The smallest absolute Gasteiger partial charge is 0.338 e. The van der Waals surface area contributed by atoms with E-state index in [-0.39, 0.29) is 5.56 Å². The van der Waals surface area contributed by atoms with Gasteiger partial charge in [-0.25, -0.2) is 9.79 Å². The lowest BCUT2D eigenvalue weighted by Gasteiger charge is -2.25. The number of esters is 1. The van der Waals surface area contributed by atoms with Crippen molar-refractivity contribution in [1.29, 1.82) is 0 Å². The van der Waals surface area contributed by atoms with Crippen LogP contribution in [0, 0.1) is 0 Å². The van der Waals surface area contributed by atoms with Gasteiger partial charge in [0.25, 0.3) is 5.56 Å². The number of thiazole rings is 1. The minimum absolute atomic E-state index is 0.218. The highest BCUT2D eigenvalue weighted by atomic mass is 32.1. The number of aromatic nitrogens is 1. The van der Waals surface area contributed by atoms with Gasteiger partial charge in [0, 0.05) is 25.2 Å². The van der Waals surface area contributed by atoms with Gasteiger partial charge < -0.3 is 14.1 Å². The monoisotopic (exact) mass is 465 g/mol. The average Bonchev–Trinajstić information content (AvgIpc) is 3.43. The molecule has 0 bridgehead atoms. The summed E-state index contributed by atoms with van der Waals surface area (Å²) < 4.78 is 13.1. The van der Waals surface area contributed by atoms with Crippen LogP contribution in [0.3, 0.4) is 0 Å². The molecule has 0 N–H and O–H groups in total. The number of carbonyl (C=O) groups excluding carboxylic acids is 1. The molecule has 0 saturated carbocycles. The molecule has 7 nitrogen and oxygen atoms in total. The quantitative estimate of drug-likeness (QED) is 0.501. The van der Waals surface area contributed by atoms with Crippen LogP contribution in [-0.2, 0) is 9.53 Å². The Morgan fingerprint density at radius 1 is 1.18 bits per heavy atom. The Morgan fingerprint density at radius 2 is 1.91 bits per heavy atom. The highest BCUT2D eigenvalue weighted by molar-refractivity contribution is 7.07. The van der Waals surface area contributed by atoms with Crippen LogP contribution >= 0.6 is 11.3 Å². The zero-order valence-electron chi connectivity index (χ0n) is 19.2. The third-order valence-electron chi connectivity index (χ3n) is 5.73. The number of ether oxygens (including phenoxy) is 1. The summed E-state index contributed by atoms with van der Waals surface area (Å²) in [5.74, 6) is 0.886. The van der Waals surface area contributed by atoms with Gasteiger partial charge >= 0.3 is 5.97 Å². The molecule has 2 aromatic heterocycles. The van der Waals surface area contributed by atoms with Gasteiger partial charge in [-0.15, -0.1) is 0 Å². The fraction of sp³-hybridized carbons (Fsp3) is 0.320. The number of hydrogen-bond donors (Lipinski definition) is 0. The van der Waals surface area contributed by atoms with E-state index in [0.29, 0.717) is 32.8 Å². The van der Waals surface area contributed by atoms with Crippen molar-refractivity contribution in [1.82, 2.24) is 4.57 Å². The lowest BCUT2D eigenvalue weighted by Crippen LogP contribution is -2.40. The summed E-state index contributed by atoms with van der Waals surface area (Å²) >= 11 is 1.29. The highest BCUT2D eigenvalue weighted by Crippen LogP contribution is 2.31. The van der Waals surface area contributed by atoms with Crippen LogP contribution in [-0.4, -0.2) is 30.7 Å². The maximum Gasteiger partial charge on any atom is 0.338 e. The normalized spacial score (nSPS) is 15.9. The third kappa shape index (κ3) is 4.18. The summed E-state index contributed by atoms with van der Waals surface area (Å²) in [6, 6.07) is 12.7. The molecule has 0 amide bonds. The molecule has 3 heterocycles. The van der Waals surface area contributed by atoms with E-state index in [4.69, 9.17) is 9.15 Å². The van der Waals surface area contributed by atoms with Crippen LogP contribution in [0.1, 0.15) is 44.6 Å². The standard InChI is InChI=1S/C25H27N3O4S/c1-5-18-21(24(30)31-4)22(16-11-9-8-10-12-16)28-23(29)19(33-25(28)26-18)15-17-13-14-20(32-17)27(6-2)7-3/h8-15,22H,5-7H2,1-4H3/b19-15-/t22-/m0/s1. The van der Waals surface area contributed by atoms with Crippen LogP contribution in [0.25, 0.3) is 6.08 Å². The number of hydrogen-bond acceptors (Lipinski definition) is 7. The lowest BCUT2D eigenvalue weighted by molar-refractivity contribution is -0.136. The summed E-state index contributed by atoms with van der Waals surface area (Å²) in [5.41, 5.74) is 1.63. The molecule has 1 atom stereocenters. The minimum Gasteiger partial charge on any atom is -0.466 e. The Balaban J connectivity index is 1.90. The molecule has 0 fully saturated rings. The van der Waals surface area contributed by atoms with Crippen molar-refractivity contribution in [3.8, 4) is 0 Å². The van der Waals surface area contributed by atoms with Crippen molar-refractivity contribution in [2.24, 2.45) is 4.99 Å². The number of carbonyl (C=O) groups is 1. The Kier molecular flexibility index (Phi) is 6.65. The van der Waals surface area contributed by atoms with Gasteiger partial charge in [0.1, 0.15) is 5.76 Å². The van der Waals surface area contributed by atoms with E-state index in [1.54, 1.807) is 10.6 Å². The fourth-order valence-corrected chi connectivity index (χ4v) is 5.07.